The first kappa shape index (κ1) is 13.3. The summed E-state index contributed by atoms with van der Waals surface area (Å²) in [5, 5.41) is 2.88. The number of aromatic nitrogens is 1. The summed E-state index contributed by atoms with van der Waals surface area (Å²) >= 11 is 0. The molecule has 0 radical (unpaired) electrons. The molecule has 0 aliphatic carbocycles. The number of hydrogen-bond donors (Lipinski definition) is 1. The number of amides is 1. The molecule has 0 spiro atoms. The Morgan fingerprint density at radius 3 is 2.53 bits per heavy atom. The van der Waals surface area contributed by atoms with Crippen molar-refractivity contribution in [3.63, 3.8) is 0 Å². The van der Waals surface area contributed by atoms with E-state index in [0.717, 1.165) is 17.7 Å². The van der Waals surface area contributed by atoms with Gasteiger partial charge in [0.05, 0.1) is 5.92 Å². The summed E-state index contributed by atoms with van der Waals surface area (Å²) in [6.45, 7) is 3.92. The molecule has 98 valence electrons. The fraction of sp³-hybridized carbons (Fsp3) is 0.250. The van der Waals surface area contributed by atoms with Crippen LogP contribution in [-0.2, 0) is 4.79 Å². The summed E-state index contributed by atoms with van der Waals surface area (Å²) in [5.74, 6) is 0.467. The van der Waals surface area contributed by atoms with Crippen LogP contribution in [0.2, 0.25) is 0 Å². The molecule has 0 unspecified atom stereocenters. The normalized spacial score (nSPS) is 11.9. The molecule has 0 fully saturated rings. The Morgan fingerprint density at radius 1 is 1.16 bits per heavy atom. The molecule has 1 atom stereocenters. The highest BCUT2D eigenvalue weighted by Crippen LogP contribution is 2.21. The Labute approximate surface area is 113 Å². The Hall–Kier alpha value is -2.16. The highest BCUT2D eigenvalue weighted by Gasteiger charge is 2.18. The molecule has 1 N–H and O–H groups in total. The van der Waals surface area contributed by atoms with E-state index >= 15 is 0 Å². The van der Waals surface area contributed by atoms with Crippen LogP contribution in [0.3, 0.4) is 0 Å². The molecule has 19 heavy (non-hydrogen) atoms. The quantitative estimate of drug-likeness (QED) is 0.907. The van der Waals surface area contributed by atoms with Crippen LogP contribution in [0.4, 0.5) is 5.82 Å². The van der Waals surface area contributed by atoms with Crippen LogP contribution in [0.5, 0.6) is 0 Å². The van der Waals surface area contributed by atoms with E-state index in [9.17, 15) is 4.79 Å². The first-order chi connectivity index (χ1) is 9.20. The van der Waals surface area contributed by atoms with Gasteiger partial charge in [-0.25, -0.2) is 4.98 Å². The van der Waals surface area contributed by atoms with Crippen molar-refractivity contribution >= 4 is 11.7 Å². The van der Waals surface area contributed by atoms with Gasteiger partial charge >= 0.3 is 0 Å². The van der Waals surface area contributed by atoms with Gasteiger partial charge in [-0.05, 0) is 31.0 Å². The zero-order valence-electron chi connectivity index (χ0n) is 11.3. The van der Waals surface area contributed by atoms with E-state index in [0.29, 0.717) is 5.82 Å². The third-order valence-corrected chi connectivity index (χ3v) is 3.07. The number of hydrogen-bond acceptors (Lipinski definition) is 2. The lowest BCUT2D eigenvalue weighted by molar-refractivity contribution is -0.117. The summed E-state index contributed by atoms with van der Waals surface area (Å²) in [6, 6.07) is 15.4. The second-order valence-corrected chi connectivity index (χ2v) is 4.52. The molecule has 0 saturated carbocycles. The number of anilines is 1. The molecular formula is C16H18N2O. The predicted octanol–water partition coefficient (Wildman–Crippen LogP) is 3.52. The van der Waals surface area contributed by atoms with Gasteiger partial charge in [0.2, 0.25) is 5.91 Å². The molecule has 1 aromatic carbocycles. The van der Waals surface area contributed by atoms with Gasteiger partial charge in [0.15, 0.2) is 0 Å². The van der Waals surface area contributed by atoms with Gasteiger partial charge in [0.25, 0.3) is 0 Å². The molecule has 0 saturated heterocycles. The number of nitrogens with one attached hydrogen (secondary N) is 1. The number of pyridine rings is 1. The third-order valence-electron chi connectivity index (χ3n) is 3.07. The zero-order valence-corrected chi connectivity index (χ0v) is 11.3. The van der Waals surface area contributed by atoms with Gasteiger partial charge in [-0.2, -0.15) is 0 Å². The van der Waals surface area contributed by atoms with Crippen molar-refractivity contribution in [3.8, 4) is 0 Å². The van der Waals surface area contributed by atoms with Gasteiger partial charge in [0, 0.05) is 5.69 Å². The number of nitrogens with zero attached hydrogens (tertiary/aromatic N) is 1. The minimum Gasteiger partial charge on any atom is -0.310 e. The minimum atomic E-state index is -0.136. The molecule has 2 aromatic rings. The monoisotopic (exact) mass is 254 g/mol. The number of rotatable bonds is 4. The van der Waals surface area contributed by atoms with Gasteiger partial charge in [-0.15, -0.1) is 0 Å². The van der Waals surface area contributed by atoms with E-state index in [4.69, 9.17) is 0 Å². The van der Waals surface area contributed by atoms with Crippen molar-refractivity contribution in [1.82, 2.24) is 4.98 Å². The number of carbonyl (C=O) groups is 1. The SMILES string of the molecule is CC[C@H](C(=O)Nc1cccc(C)n1)c1ccccc1. The van der Waals surface area contributed by atoms with Crippen LogP contribution in [0, 0.1) is 6.92 Å². The summed E-state index contributed by atoms with van der Waals surface area (Å²) < 4.78 is 0. The van der Waals surface area contributed by atoms with E-state index in [2.05, 4.69) is 10.3 Å². The zero-order chi connectivity index (χ0) is 13.7. The maximum absolute atomic E-state index is 12.3. The Kier molecular flexibility index (Phi) is 4.29. The van der Waals surface area contributed by atoms with Crippen LogP contribution in [0.1, 0.15) is 30.5 Å². The van der Waals surface area contributed by atoms with Gasteiger partial charge in [-0.1, -0.05) is 43.3 Å². The first-order valence-electron chi connectivity index (χ1n) is 6.50. The summed E-state index contributed by atoms with van der Waals surface area (Å²) in [6.07, 6.45) is 0.766. The van der Waals surface area contributed by atoms with Gasteiger partial charge in [-0.3, -0.25) is 4.79 Å². The minimum absolute atomic E-state index is 0.00759. The third kappa shape index (κ3) is 3.41. The lowest BCUT2D eigenvalue weighted by atomic mass is 9.96. The van der Waals surface area contributed by atoms with E-state index < -0.39 is 0 Å². The average Bonchev–Trinajstić information content (AvgIpc) is 2.41. The lowest BCUT2D eigenvalue weighted by Crippen LogP contribution is -2.21. The molecule has 1 heterocycles. The molecule has 0 bridgehead atoms. The predicted molar refractivity (Wildman–Crippen MR) is 77.1 cm³/mol. The van der Waals surface area contributed by atoms with Crippen molar-refractivity contribution in [2.24, 2.45) is 0 Å². The lowest BCUT2D eigenvalue weighted by Gasteiger charge is -2.15. The highest BCUT2D eigenvalue weighted by atomic mass is 16.1. The molecule has 1 amide bonds. The van der Waals surface area contributed by atoms with Crippen molar-refractivity contribution in [2.75, 3.05) is 5.32 Å². The Bertz CT molecular complexity index is 552. The summed E-state index contributed by atoms with van der Waals surface area (Å²) in [4.78, 5) is 16.6. The van der Waals surface area contributed by atoms with E-state index in [1.165, 1.54) is 0 Å². The topological polar surface area (TPSA) is 42.0 Å². The van der Waals surface area contributed by atoms with E-state index in [-0.39, 0.29) is 11.8 Å². The maximum atomic E-state index is 12.3. The second kappa shape index (κ2) is 6.14. The molecule has 1 aromatic heterocycles. The van der Waals surface area contributed by atoms with Crippen molar-refractivity contribution in [3.05, 3.63) is 59.8 Å². The number of aryl methyl sites for hydroxylation is 1. The molecule has 3 heteroatoms. The number of benzene rings is 1. The summed E-state index contributed by atoms with van der Waals surface area (Å²) in [5.41, 5.74) is 1.93. The molecule has 3 nitrogen and oxygen atoms in total. The van der Waals surface area contributed by atoms with E-state index in [1.807, 2.05) is 62.4 Å². The van der Waals surface area contributed by atoms with Crippen LogP contribution in [-0.4, -0.2) is 10.9 Å². The standard InChI is InChI=1S/C16H18N2O/c1-3-14(13-9-5-4-6-10-13)16(19)18-15-11-7-8-12(2)17-15/h4-11,14H,3H2,1-2H3,(H,17,18,19)/t14-/m0/s1. The Balaban J connectivity index is 2.14. The average molecular weight is 254 g/mol. The van der Waals surface area contributed by atoms with Crippen LogP contribution < -0.4 is 5.32 Å². The first-order valence-corrected chi connectivity index (χ1v) is 6.50. The molecule has 2 rings (SSSR count). The fourth-order valence-corrected chi connectivity index (χ4v) is 2.08. The maximum Gasteiger partial charge on any atom is 0.233 e. The van der Waals surface area contributed by atoms with Crippen LogP contribution >= 0.6 is 0 Å². The molecular weight excluding hydrogens is 236 g/mol. The van der Waals surface area contributed by atoms with Crippen LogP contribution in [0.15, 0.2) is 48.5 Å². The second-order valence-electron chi connectivity index (χ2n) is 4.52. The fourth-order valence-electron chi connectivity index (χ4n) is 2.08. The largest absolute Gasteiger partial charge is 0.310 e. The van der Waals surface area contributed by atoms with E-state index in [1.54, 1.807) is 0 Å². The molecule has 0 aliphatic heterocycles. The number of carbonyl (C=O) groups excluding carboxylic acids is 1. The van der Waals surface area contributed by atoms with Crippen molar-refractivity contribution in [1.29, 1.82) is 0 Å². The van der Waals surface area contributed by atoms with Crippen molar-refractivity contribution in [2.45, 2.75) is 26.2 Å². The van der Waals surface area contributed by atoms with Gasteiger partial charge < -0.3 is 5.32 Å². The summed E-state index contributed by atoms with van der Waals surface area (Å²) in [7, 11) is 0. The molecule has 0 aliphatic rings. The highest BCUT2D eigenvalue weighted by molar-refractivity contribution is 5.95. The van der Waals surface area contributed by atoms with Crippen molar-refractivity contribution < 1.29 is 4.79 Å². The van der Waals surface area contributed by atoms with Gasteiger partial charge in [0.1, 0.15) is 5.82 Å². The smallest absolute Gasteiger partial charge is 0.233 e. The Morgan fingerprint density at radius 2 is 1.89 bits per heavy atom. The van der Waals surface area contributed by atoms with Crippen LogP contribution in [0.25, 0.3) is 0 Å².